The number of ketones is 1. The van der Waals surface area contributed by atoms with Crippen LogP contribution in [0, 0.1) is 11.7 Å². The number of ether oxygens (including phenoxy) is 1. The summed E-state index contributed by atoms with van der Waals surface area (Å²) in [5, 5.41) is 0. The molecular formula is C14H17FO2. The van der Waals surface area contributed by atoms with Crippen molar-refractivity contribution < 1.29 is 13.9 Å². The lowest BCUT2D eigenvalue weighted by molar-refractivity contribution is -0.121. The number of Topliss-reactive ketones (excluding diaryl/α,β-unsaturated/α-hetero) is 1. The Morgan fingerprint density at radius 3 is 2.47 bits per heavy atom. The van der Waals surface area contributed by atoms with Gasteiger partial charge in [-0.3, -0.25) is 4.79 Å². The molecule has 17 heavy (non-hydrogen) atoms. The molecule has 0 aliphatic heterocycles. The SMILES string of the molecule is O=C1CCC(COCc2ccc(F)cc2)CC1. The highest BCUT2D eigenvalue weighted by Gasteiger charge is 2.18. The molecule has 1 saturated carbocycles. The number of carbonyl (C=O) groups excluding carboxylic acids is 1. The van der Waals surface area contributed by atoms with Gasteiger partial charge in [0.1, 0.15) is 11.6 Å². The molecule has 0 unspecified atom stereocenters. The quantitative estimate of drug-likeness (QED) is 0.803. The van der Waals surface area contributed by atoms with Crippen molar-refractivity contribution in [3.05, 3.63) is 35.6 Å². The lowest BCUT2D eigenvalue weighted by atomic mass is 9.89. The maximum Gasteiger partial charge on any atom is 0.132 e. The number of carbonyl (C=O) groups is 1. The van der Waals surface area contributed by atoms with Crippen LogP contribution in [-0.4, -0.2) is 12.4 Å². The fourth-order valence-electron chi connectivity index (χ4n) is 2.09. The van der Waals surface area contributed by atoms with Crippen LogP contribution in [0.25, 0.3) is 0 Å². The van der Waals surface area contributed by atoms with Gasteiger partial charge in [-0.25, -0.2) is 4.39 Å². The van der Waals surface area contributed by atoms with Crippen LogP contribution in [0.2, 0.25) is 0 Å². The minimum absolute atomic E-state index is 0.223. The first-order chi connectivity index (χ1) is 8.24. The molecule has 0 amide bonds. The summed E-state index contributed by atoms with van der Waals surface area (Å²) in [6, 6.07) is 6.36. The molecule has 0 radical (unpaired) electrons. The van der Waals surface area contributed by atoms with E-state index >= 15 is 0 Å². The van der Waals surface area contributed by atoms with Crippen molar-refractivity contribution in [2.75, 3.05) is 6.61 Å². The van der Waals surface area contributed by atoms with Gasteiger partial charge < -0.3 is 4.74 Å². The molecule has 0 N–H and O–H groups in total. The molecule has 1 aliphatic rings. The largest absolute Gasteiger partial charge is 0.376 e. The van der Waals surface area contributed by atoms with Crippen LogP contribution >= 0.6 is 0 Å². The molecular weight excluding hydrogens is 219 g/mol. The zero-order chi connectivity index (χ0) is 12.1. The molecule has 0 atom stereocenters. The van der Waals surface area contributed by atoms with Crippen LogP contribution in [0.4, 0.5) is 4.39 Å². The summed E-state index contributed by atoms with van der Waals surface area (Å²) < 4.78 is 18.3. The lowest BCUT2D eigenvalue weighted by Gasteiger charge is -2.20. The molecule has 2 nitrogen and oxygen atoms in total. The van der Waals surface area contributed by atoms with E-state index in [4.69, 9.17) is 4.74 Å². The Morgan fingerprint density at radius 2 is 1.82 bits per heavy atom. The molecule has 0 bridgehead atoms. The highest BCUT2D eigenvalue weighted by atomic mass is 19.1. The van der Waals surface area contributed by atoms with Gasteiger partial charge in [-0.2, -0.15) is 0 Å². The Labute approximate surface area is 101 Å². The Hall–Kier alpha value is -1.22. The highest BCUT2D eigenvalue weighted by Crippen LogP contribution is 2.21. The van der Waals surface area contributed by atoms with Crippen molar-refractivity contribution in [3.8, 4) is 0 Å². The molecule has 1 aromatic rings. The van der Waals surface area contributed by atoms with Crippen molar-refractivity contribution in [1.82, 2.24) is 0 Å². The van der Waals surface area contributed by atoms with E-state index in [0.717, 1.165) is 18.4 Å². The van der Waals surface area contributed by atoms with Gasteiger partial charge in [0.15, 0.2) is 0 Å². The van der Waals surface area contributed by atoms with Gasteiger partial charge in [-0.05, 0) is 36.5 Å². The van der Waals surface area contributed by atoms with E-state index < -0.39 is 0 Å². The molecule has 3 heteroatoms. The van der Waals surface area contributed by atoms with Gasteiger partial charge >= 0.3 is 0 Å². The number of hydrogen-bond donors (Lipinski definition) is 0. The second-order valence-corrected chi connectivity index (χ2v) is 4.62. The zero-order valence-corrected chi connectivity index (χ0v) is 9.82. The molecule has 1 aromatic carbocycles. The normalized spacial score (nSPS) is 17.4. The van der Waals surface area contributed by atoms with E-state index in [1.54, 1.807) is 12.1 Å². The van der Waals surface area contributed by atoms with Gasteiger partial charge in [0.05, 0.1) is 6.61 Å². The van der Waals surface area contributed by atoms with Crippen LogP contribution < -0.4 is 0 Å². The number of halogens is 1. The summed E-state index contributed by atoms with van der Waals surface area (Å²) in [6.07, 6.45) is 3.29. The second kappa shape index (κ2) is 5.92. The maximum atomic E-state index is 12.7. The van der Waals surface area contributed by atoms with Crippen LogP contribution in [-0.2, 0) is 16.1 Å². The van der Waals surface area contributed by atoms with Gasteiger partial charge in [0, 0.05) is 19.4 Å². The topological polar surface area (TPSA) is 26.3 Å². The van der Waals surface area contributed by atoms with Crippen LogP contribution in [0.3, 0.4) is 0 Å². The van der Waals surface area contributed by atoms with E-state index in [1.165, 1.54) is 12.1 Å². The van der Waals surface area contributed by atoms with E-state index in [1.807, 2.05) is 0 Å². The summed E-state index contributed by atoms with van der Waals surface area (Å²) in [6.45, 7) is 1.22. The molecule has 1 aliphatic carbocycles. The maximum absolute atomic E-state index is 12.7. The standard InChI is InChI=1S/C14H17FO2/c15-13-5-1-11(2-6-13)9-17-10-12-3-7-14(16)8-4-12/h1-2,5-6,12H,3-4,7-10H2. The average molecular weight is 236 g/mol. The third kappa shape index (κ3) is 3.93. The lowest BCUT2D eigenvalue weighted by Crippen LogP contribution is -2.18. The molecule has 0 spiro atoms. The third-order valence-corrected chi connectivity index (χ3v) is 3.20. The minimum Gasteiger partial charge on any atom is -0.376 e. The van der Waals surface area contributed by atoms with Gasteiger partial charge in [0.25, 0.3) is 0 Å². The van der Waals surface area contributed by atoms with Crippen LogP contribution in [0.1, 0.15) is 31.2 Å². The molecule has 0 aromatic heterocycles. The van der Waals surface area contributed by atoms with E-state index in [9.17, 15) is 9.18 Å². The first kappa shape index (κ1) is 12.2. The fraction of sp³-hybridized carbons (Fsp3) is 0.500. The Bertz CT molecular complexity index is 362. The molecule has 0 heterocycles. The summed E-state index contributed by atoms with van der Waals surface area (Å²) in [7, 11) is 0. The third-order valence-electron chi connectivity index (χ3n) is 3.20. The van der Waals surface area contributed by atoms with E-state index in [0.29, 0.717) is 37.8 Å². The van der Waals surface area contributed by atoms with Crippen molar-refractivity contribution in [2.45, 2.75) is 32.3 Å². The van der Waals surface area contributed by atoms with Crippen LogP contribution in [0.5, 0.6) is 0 Å². The van der Waals surface area contributed by atoms with Crippen molar-refractivity contribution in [2.24, 2.45) is 5.92 Å². The van der Waals surface area contributed by atoms with Gasteiger partial charge in [-0.1, -0.05) is 12.1 Å². The second-order valence-electron chi connectivity index (χ2n) is 4.62. The number of rotatable bonds is 4. The van der Waals surface area contributed by atoms with Gasteiger partial charge in [0.2, 0.25) is 0 Å². The molecule has 0 saturated heterocycles. The Kier molecular flexibility index (Phi) is 4.26. The first-order valence-corrected chi connectivity index (χ1v) is 6.08. The predicted octanol–water partition coefficient (Wildman–Crippen LogP) is 3.10. The average Bonchev–Trinajstić information content (AvgIpc) is 2.34. The minimum atomic E-state index is -0.223. The summed E-state index contributed by atoms with van der Waals surface area (Å²) in [4.78, 5) is 11.1. The predicted molar refractivity (Wildman–Crippen MR) is 63.0 cm³/mol. The summed E-state index contributed by atoms with van der Waals surface area (Å²) in [5.41, 5.74) is 0.985. The van der Waals surface area contributed by atoms with Crippen molar-refractivity contribution in [3.63, 3.8) is 0 Å². The molecule has 92 valence electrons. The number of benzene rings is 1. The van der Waals surface area contributed by atoms with E-state index in [-0.39, 0.29) is 5.82 Å². The highest BCUT2D eigenvalue weighted by molar-refractivity contribution is 5.79. The summed E-state index contributed by atoms with van der Waals surface area (Å²) >= 11 is 0. The Morgan fingerprint density at radius 1 is 1.18 bits per heavy atom. The molecule has 1 fully saturated rings. The van der Waals surface area contributed by atoms with E-state index in [2.05, 4.69) is 0 Å². The monoisotopic (exact) mass is 236 g/mol. The van der Waals surface area contributed by atoms with Crippen molar-refractivity contribution >= 4 is 5.78 Å². The van der Waals surface area contributed by atoms with Crippen molar-refractivity contribution in [1.29, 1.82) is 0 Å². The fourth-order valence-corrected chi connectivity index (χ4v) is 2.09. The smallest absolute Gasteiger partial charge is 0.132 e. The van der Waals surface area contributed by atoms with Gasteiger partial charge in [-0.15, -0.1) is 0 Å². The number of hydrogen-bond acceptors (Lipinski definition) is 2. The van der Waals surface area contributed by atoms with Crippen LogP contribution in [0.15, 0.2) is 24.3 Å². The molecule has 2 rings (SSSR count). The zero-order valence-electron chi connectivity index (χ0n) is 9.82. The Balaban J connectivity index is 1.69. The first-order valence-electron chi connectivity index (χ1n) is 6.08. The summed E-state index contributed by atoms with van der Waals surface area (Å²) in [5.74, 6) is 0.660.